The molecule has 1 aliphatic carbocycles. The summed E-state index contributed by atoms with van der Waals surface area (Å²) in [6.45, 7) is 2.64. The smallest absolute Gasteiger partial charge is 0.336 e. The molecule has 0 aliphatic heterocycles. The molecule has 31 heavy (non-hydrogen) atoms. The van der Waals surface area contributed by atoms with Crippen LogP contribution in [0.4, 0.5) is 11.4 Å². The van der Waals surface area contributed by atoms with Gasteiger partial charge in [-0.2, -0.15) is 0 Å². The maximum Gasteiger partial charge on any atom is 0.336 e. The van der Waals surface area contributed by atoms with E-state index in [0.29, 0.717) is 18.1 Å². The van der Waals surface area contributed by atoms with Crippen molar-refractivity contribution >= 4 is 17.3 Å². The number of rotatable bonds is 8. The number of aromatic carboxylic acids is 1. The fourth-order valence-corrected chi connectivity index (χ4v) is 4.46. The number of carboxylic acids is 1. The zero-order valence-corrected chi connectivity index (χ0v) is 18.0. The lowest BCUT2D eigenvalue weighted by atomic mass is 9.93. The Morgan fingerprint density at radius 1 is 1.19 bits per heavy atom. The third-order valence-corrected chi connectivity index (χ3v) is 6.13. The van der Waals surface area contributed by atoms with Crippen molar-refractivity contribution in [1.82, 2.24) is 4.98 Å². The van der Waals surface area contributed by atoms with Crippen LogP contribution in [-0.4, -0.2) is 29.7 Å². The quantitative estimate of drug-likeness (QED) is 0.517. The van der Waals surface area contributed by atoms with E-state index in [1.807, 2.05) is 19.1 Å². The van der Waals surface area contributed by atoms with E-state index in [1.165, 1.54) is 11.1 Å². The minimum absolute atomic E-state index is 0.361. The number of nitrogens with zero attached hydrogens (tertiary/aromatic N) is 2. The topological polar surface area (TPSA) is 62.7 Å². The number of anilines is 2. The molecule has 5 nitrogen and oxygen atoms in total. The van der Waals surface area contributed by atoms with Crippen LogP contribution < -0.4 is 9.64 Å². The molecule has 0 unspecified atom stereocenters. The maximum absolute atomic E-state index is 11.5. The Hall–Kier alpha value is -3.34. The van der Waals surface area contributed by atoms with E-state index in [9.17, 15) is 9.90 Å². The van der Waals surface area contributed by atoms with E-state index in [0.717, 1.165) is 48.4 Å². The molecule has 4 rings (SSSR count). The van der Waals surface area contributed by atoms with E-state index in [4.69, 9.17) is 4.74 Å². The minimum atomic E-state index is -0.884. The highest BCUT2D eigenvalue weighted by Crippen LogP contribution is 2.39. The van der Waals surface area contributed by atoms with Crippen molar-refractivity contribution in [3.8, 4) is 5.75 Å². The zero-order chi connectivity index (χ0) is 21.8. The van der Waals surface area contributed by atoms with Gasteiger partial charge in [-0.3, -0.25) is 4.98 Å². The SMILES string of the molecule is CCOc1cccc(N(C)c2ccc3c(c2)CC[C@H]3CCc2cnccc2C(=O)O)c1. The maximum atomic E-state index is 11.5. The summed E-state index contributed by atoms with van der Waals surface area (Å²) in [5.41, 5.74) is 6.21. The highest BCUT2D eigenvalue weighted by molar-refractivity contribution is 5.89. The monoisotopic (exact) mass is 416 g/mol. The molecule has 3 aromatic rings. The zero-order valence-electron chi connectivity index (χ0n) is 18.0. The second kappa shape index (κ2) is 9.21. The van der Waals surface area contributed by atoms with E-state index >= 15 is 0 Å². The van der Waals surface area contributed by atoms with Crippen molar-refractivity contribution in [3.63, 3.8) is 0 Å². The Morgan fingerprint density at radius 3 is 2.84 bits per heavy atom. The first kappa shape index (κ1) is 20.9. The van der Waals surface area contributed by atoms with Crippen molar-refractivity contribution in [2.24, 2.45) is 0 Å². The fraction of sp³-hybridized carbons (Fsp3) is 0.308. The number of pyridine rings is 1. The van der Waals surface area contributed by atoms with Crippen LogP contribution in [0, 0.1) is 0 Å². The number of carbonyl (C=O) groups is 1. The van der Waals surface area contributed by atoms with Crippen LogP contribution in [0.25, 0.3) is 0 Å². The third kappa shape index (κ3) is 4.55. The predicted molar refractivity (Wildman–Crippen MR) is 123 cm³/mol. The molecule has 1 heterocycles. The van der Waals surface area contributed by atoms with Gasteiger partial charge in [0.15, 0.2) is 0 Å². The van der Waals surface area contributed by atoms with Crippen LogP contribution in [-0.2, 0) is 12.8 Å². The molecule has 0 radical (unpaired) electrons. The molecule has 0 saturated carbocycles. The average Bonchev–Trinajstić information content (AvgIpc) is 3.20. The summed E-state index contributed by atoms with van der Waals surface area (Å²) in [4.78, 5) is 17.8. The highest BCUT2D eigenvalue weighted by atomic mass is 16.5. The van der Waals surface area contributed by atoms with Crippen molar-refractivity contribution in [2.75, 3.05) is 18.6 Å². The van der Waals surface area contributed by atoms with Crippen LogP contribution in [0.5, 0.6) is 5.75 Å². The van der Waals surface area contributed by atoms with Crippen molar-refractivity contribution in [2.45, 2.75) is 38.5 Å². The highest BCUT2D eigenvalue weighted by Gasteiger charge is 2.24. The first-order valence-corrected chi connectivity index (χ1v) is 10.8. The van der Waals surface area contributed by atoms with Crippen LogP contribution in [0.1, 0.15) is 52.7 Å². The molecule has 2 aromatic carbocycles. The largest absolute Gasteiger partial charge is 0.494 e. The van der Waals surface area contributed by atoms with Gasteiger partial charge in [-0.25, -0.2) is 4.79 Å². The van der Waals surface area contributed by atoms with Gasteiger partial charge in [-0.05, 0) is 85.5 Å². The second-order valence-electron chi connectivity index (χ2n) is 7.98. The van der Waals surface area contributed by atoms with Crippen molar-refractivity contribution < 1.29 is 14.6 Å². The summed E-state index contributed by atoms with van der Waals surface area (Å²) in [6.07, 6.45) is 7.05. The molecule has 0 fully saturated rings. The lowest BCUT2D eigenvalue weighted by molar-refractivity contribution is 0.0695. The summed E-state index contributed by atoms with van der Waals surface area (Å²) in [6, 6.07) is 16.4. The molecule has 1 aliphatic rings. The van der Waals surface area contributed by atoms with Gasteiger partial charge in [-0.15, -0.1) is 0 Å². The summed E-state index contributed by atoms with van der Waals surface area (Å²) in [7, 11) is 2.08. The van der Waals surface area contributed by atoms with Crippen LogP contribution in [0.15, 0.2) is 60.9 Å². The van der Waals surface area contributed by atoms with Gasteiger partial charge in [0.2, 0.25) is 0 Å². The van der Waals surface area contributed by atoms with Gasteiger partial charge in [0, 0.05) is 36.9 Å². The summed E-state index contributed by atoms with van der Waals surface area (Å²) in [5, 5.41) is 9.40. The molecule has 1 atom stereocenters. The normalized spacial score (nSPS) is 14.8. The second-order valence-corrected chi connectivity index (χ2v) is 7.98. The Bertz CT molecular complexity index is 1080. The number of hydrogen-bond acceptors (Lipinski definition) is 4. The van der Waals surface area contributed by atoms with Crippen LogP contribution >= 0.6 is 0 Å². The van der Waals surface area contributed by atoms with Gasteiger partial charge in [0.1, 0.15) is 5.75 Å². The van der Waals surface area contributed by atoms with Gasteiger partial charge in [-0.1, -0.05) is 12.1 Å². The van der Waals surface area contributed by atoms with Gasteiger partial charge in [0.05, 0.1) is 12.2 Å². The number of aryl methyl sites for hydroxylation is 2. The predicted octanol–water partition coefficient (Wildman–Crippen LogP) is 5.61. The molecule has 5 heteroatoms. The number of benzene rings is 2. The standard InChI is InChI=1S/C26H28N2O3/c1-3-31-23-6-4-5-21(16-23)28(2)22-11-12-24-18(7-9-19(24)15-22)8-10-20-17-27-14-13-25(20)26(29)30/h4-6,11-18H,3,7-10H2,1-2H3,(H,29,30)/t18-/m0/s1. The number of ether oxygens (including phenoxy) is 1. The molecule has 160 valence electrons. The molecule has 0 saturated heterocycles. The molecular weight excluding hydrogens is 388 g/mol. The summed E-state index contributed by atoms with van der Waals surface area (Å²) < 4.78 is 5.64. The van der Waals surface area contributed by atoms with E-state index in [2.05, 4.69) is 47.3 Å². The number of carboxylic acid groups (broad SMARTS) is 1. The van der Waals surface area contributed by atoms with Gasteiger partial charge < -0.3 is 14.7 Å². The molecule has 1 aromatic heterocycles. The molecule has 0 bridgehead atoms. The first-order valence-electron chi connectivity index (χ1n) is 10.8. The number of hydrogen-bond donors (Lipinski definition) is 1. The third-order valence-electron chi connectivity index (χ3n) is 6.13. The van der Waals surface area contributed by atoms with Gasteiger partial charge in [0.25, 0.3) is 0 Å². The van der Waals surface area contributed by atoms with Gasteiger partial charge >= 0.3 is 5.97 Å². The van der Waals surface area contributed by atoms with Crippen LogP contribution in [0.2, 0.25) is 0 Å². The Morgan fingerprint density at radius 2 is 2.03 bits per heavy atom. The average molecular weight is 417 g/mol. The van der Waals surface area contributed by atoms with Crippen LogP contribution in [0.3, 0.4) is 0 Å². The molecule has 0 spiro atoms. The fourth-order valence-electron chi connectivity index (χ4n) is 4.46. The van der Waals surface area contributed by atoms with E-state index < -0.39 is 5.97 Å². The number of aromatic nitrogens is 1. The van der Waals surface area contributed by atoms with E-state index in [-0.39, 0.29) is 0 Å². The number of fused-ring (bicyclic) bond motifs is 1. The summed E-state index contributed by atoms with van der Waals surface area (Å²) in [5.74, 6) is 0.451. The minimum Gasteiger partial charge on any atom is -0.494 e. The molecular formula is C26H28N2O3. The Labute approximate surface area is 183 Å². The molecule has 1 N–H and O–H groups in total. The van der Waals surface area contributed by atoms with Crippen molar-refractivity contribution in [3.05, 3.63) is 83.2 Å². The first-order chi connectivity index (χ1) is 15.1. The van der Waals surface area contributed by atoms with E-state index in [1.54, 1.807) is 18.5 Å². The Kier molecular flexibility index (Phi) is 6.21. The lowest BCUT2D eigenvalue weighted by Crippen LogP contribution is -2.10. The summed E-state index contributed by atoms with van der Waals surface area (Å²) >= 11 is 0. The van der Waals surface area contributed by atoms with Crippen molar-refractivity contribution in [1.29, 1.82) is 0 Å². The lowest BCUT2D eigenvalue weighted by Gasteiger charge is -2.21. The Balaban J connectivity index is 1.48. The molecule has 0 amide bonds.